The van der Waals surface area contributed by atoms with Crippen LogP contribution >= 0.6 is 11.3 Å². The van der Waals surface area contributed by atoms with Crippen molar-refractivity contribution in [3.8, 4) is 11.1 Å². The third-order valence-corrected chi connectivity index (χ3v) is 5.44. The normalized spacial score (nSPS) is 16.6. The van der Waals surface area contributed by atoms with E-state index in [4.69, 9.17) is 0 Å². The van der Waals surface area contributed by atoms with E-state index < -0.39 is 11.6 Å². The summed E-state index contributed by atoms with van der Waals surface area (Å²) >= 11 is 1.58. The number of thiophene rings is 1. The number of hydrogen-bond donors (Lipinski definition) is 0. The molecule has 3 nitrogen and oxygen atoms in total. The molecule has 1 aliphatic heterocycles. The molecule has 2 aromatic heterocycles. The molecular formula is C19H16F2N2OS. The van der Waals surface area contributed by atoms with Gasteiger partial charge >= 0.3 is 0 Å². The smallest absolute Gasteiger partial charge is 0.140 e. The van der Waals surface area contributed by atoms with Crippen molar-refractivity contribution in [1.82, 2.24) is 9.78 Å². The number of rotatable bonds is 4. The van der Waals surface area contributed by atoms with Gasteiger partial charge in [-0.2, -0.15) is 16.4 Å². The van der Waals surface area contributed by atoms with Gasteiger partial charge in [0.15, 0.2) is 0 Å². The maximum Gasteiger partial charge on any atom is 0.140 e. The number of aryl methyl sites for hydroxylation is 1. The van der Waals surface area contributed by atoms with Crippen LogP contribution in [-0.4, -0.2) is 15.6 Å². The lowest BCUT2D eigenvalue weighted by Gasteiger charge is -2.23. The van der Waals surface area contributed by atoms with E-state index in [0.717, 1.165) is 23.7 Å². The second-order valence-corrected chi connectivity index (χ2v) is 7.10. The van der Waals surface area contributed by atoms with Crippen LogP contribution in [0.3, 0.4) is 0 Å². The van der Waals surface area contributed by atoms with Crippen LogP contribution < -0.4 is 0 Å². The van der Waals surface area contributed by atoms with Crippen LogP contribution in [-0.2, 0) is 24.2 Å². The molecule has 25 heavy (non-hydrogen) atoms. The topological polar surface area (TPSA) is 34.9 Å². The monoisotopic (exact) mass is 358 g/mol. The molecule has 0 saturated carbocycles. The number of ketones is 1. The Labute approximate surface area is 147 Å². The third-order valence-electron chi connectivity index (χ3n) is 4.71. The number of Topliss-reactive ketones (excluding diaryl/α,β-unsaturated/α-hetero) is 1. The number of halogens is 2. The summed E-state index contributed by atoms with van der Waals surface area (Å²) in [5.41, 5.74) is 2.86. The Balaban J connectivity index is 1.60. The Bertz CT molecular complexity index is 918. The molecule has 0 amide bonds. The fraction of sp³-hybridized carbons (Fsp3) is 0.263. The molecule has 0 saturated heterocycles. The highest BCUT2D eigenvalue weighted by Crippen LogP contribution is 2.32. The Morgan fingerprint density at radius 2 is 2.16 bits per heavy atom. The fourth-order valence-electron chi connectivity index (χ4n) is 3.38. The Hall–Kier alpha value is -2.34. The number of hydrogen-bond acceptors (Lipinski definition) is 3. The average molecular weight is 358 g/mol. The minimum absolute atomic E-state index is 0.0913. The van der Waals surface area contributed by atoms with Crippen molar-refractivity contribution in [3.05, 3.63) is 64.1 Å². The van der Waals surface area contributed by atoms with E-state index >= 15 is 0 Å². The van der Waals surface area contributed by atoms with E-state index in [1.54, 1.807) is 17.5 Å². The Morgan fingerprint density at radius 1 is 1.28 bits per heavy atom. The molecule has 1 aliphatic rings. The number of nitrogens with zero attached hydrogens (tertiary/aromatic N) is 2. The average Bonchev–Trinajstić information content (AvgIpc) is 3.24. The second kappa shape index (κ2) is 6.52. The van der Waals surface area contributed by atoms with Crippen molar-refractivity contribution in [1.29, 1.82) is 0 Å². The first-order valence-electron chi connectivity index (χ1n) is 8.15. The zero-order valence-corrected chi connectivity index (χ0v) is 14.2. The summed E-state index contributed by atoms with van der Waals surface area (Å²) in [7, 11) is 0. The van der Waals surface area contributed by atoms with Gasteiger partial charge in [-0.05, 0) is 47.4 Å². The highest BCUT2D eigenvalue weighted by Gasteiger charge is 2.28. The van der Waals surface area contributed by atoms with Crippen molar-refractivity contribution in [2.45, 2.75) is 25.8 Å². The van der Waals surface area contributed by atoms with Crippen molar-refractivity contribution in [2.24, 2.45) is 5.92 Å². The summed E-state index contributed by atoms with van der Waals surface area (Å²) in [6, 6.07) is 5.51. The first-order chi connectivity index (χ1) is 12.1. The van der Waals surface area contributed by atoms with Crippen LogP contribution in [0.2, 0.25) is 0 Å². The number of benzene rings is 1. The van der Waals surface area contributed by atoms with E-state index in [-0.39, 0.29) is 11.7 Å². The molecule has 4 rings (SSSR count). The summed E-state index contributed by atoms with van der Waals surface area (Å²) in [4.78, 5) is 12.6. The van der Waals surface area contributed by atoms with Gasteiger partial charge in [0.1, 0.15) is 17.4 Å². The van der Waals surface area contributed by atoms with Crippen LogP contribution in [0.1, 0.15) is 17.7 Å². The van der Waals surface area contributed by atoms with Gasteiger partial charge in [0.05, 0.1) is 6.20 Å². The molecule has 1 atom stereocenters. The minimum atomic E-state index is -0.609. The first-order valence-corrected chi connectivity index (χ1v) is 9.10. The molecule has 0 N–H and O–H groups in total. The molecule has 0 bridgehead atoms. The number of carbonyl (C=O) groups is 1. The third kappa shape index (κ3) is 3.14. The van der Waals surface area contributed by atoms with E-state index in [0.29, 0.717) is 30.5 Å². The largest absolute Gasteiger partial charge is 0.299 e. The lowest BCUT2D eigenvalue weighted by molar-refractivity contribution is -0.122. The van der Waals surface area contributed by atoms with Crippen LogP contribution in [0, 0.1) is 17.6 Å². The van der Waals surface area contributed by atoms with Gasteiger partial charge in [0.2, 0.25) is 0 Å². The Kier molecular flexibility index (Phi) is 4.21. The zero-order chi connectivity index (χ0) is 17.4. The predicted molar refractivity (Wildman–Crippen MR) is 92.4 cm³/mol. The molecule has 0 radical (unpaired) electrons. The molecular weight excluding hydrogens is 342 g/mol. The van der Waals surface area contributed by atoms with E-state index in [1.165, 1.54) is 12.1 Å². The second-order valence-electron chi connectivity index (χ2n) is 6.32. The van der Waals surface area contributed by atoms with Gasteiger partial charge < -0.3 is 0 Å². The SMILES string of the molecule is O=C(Cc1ccsc1)C1CCn2ncc(-c3ccc(F)cc3F)c2C1. The van der Waals surface area contributed by atoms with Crippen molar-refractivity contribution in [3.63, 3.8) is 0 Å². The highest BCUT2D eigenvalue weighted by molar-refractivity contribution is 7.08. The van der Waals surface area contributed by atoms with E-state index in [9.17, 15) is 13.6 Å². The quantitative estimate of drug-likeness (QED) is 0.698. The van der Waals surface area contributed by atoms with Crippen molar-refractivity contribution in [2.75, 3.05) is 0 Å². The van der Waals surface area contributed by atoms with Crippen molar-refractivity contribution >= 4 is 17.1 Å². The lowest BCUT2D eigenvalue weighted by Crippen LogP contribution is -2.27. The van der Waals surface area contributed by atoms with E-state index in [2.05, 4.69) is 5.10 Å². The van der Waals surface area contributed by atoms with Crippen LogP contribution in [0.5, 0.6) is 0 Å². The molecule has 128 valence electrons. The van der Waals surface area contributed by atoms with Gasteiger partial charge in [0, 0.05) is 41.8 Å². The highest BCUT2D eigenvalue weighted by atomic mass is 32.1. The predicted octanol–water partition coefficient (Wildman–Crippen LogP) is 4.26. The van der Waals surface area contributed by atoms with Gasteiger partial charge in [-0.3, -0.25) is 9.48 Å². The minimum Gasteiger partial charge on any atom is -0.299 e. The Morgan fingerprint density at radius 3 is 2.92 bits per heavy atom. The standard InChI is InChI=1S/C19H16F2N2OS/c20-14-1-2-15(17(21)9-14)16-10-22-23-5-3-13(8-18(16)23)19(24)7-12-4-6-25-11-12/h1-2,4,6,9-11,13H,3,5,7-8H2. The maximum atomic E-state index is 14.1. The molecule has 0 aliphatic carbocycles. The lowest BCUT2D eigenvalue weighted by atomic mass is 9.87. The molecule has 1 aromatic carbocycles. The van der Waals surface area contributed by atoms with Gasteiger partial charge in [-0.1, -0.05) is 0 Å². The van der Waals surface area contributed by atoms with Gasteiger partial charge in [-0.15, -0.1) is 0 Å². The summed E-state index contributed by atoms with van der Waals surface area (Å²) in [5, 5.41) is 8.27. The summed E-state index contributed by atoms with van der Waals surface area (Å²) < 4.78 is 29.1. The van der Waals surface area contributed by atoms with E-state index in [1.807, 2.05) is 21.5 Å². The van der Waals surface area contributed by atoms with Gasteiger partial charge in [0.25, 0.3) is 0 Å². The molecule has 6 heteroatoms. The summed E-state index contributed by atoms with van der Waals surface area (Å²) in [6.45, 7) is 0.637. The molecule has 1 unspecified atom stereocenters. The fourth-order valence-corrected chi connectivity index (χ4v) is 4.05. The van der Waals surface area contributed by atoms with Crippen LogP contribution in [0.15, 0.2) is 41.2 Å². The van der Waals surface area contributed by atoms with Crippen molar-refractivity contribution < 1.29 is 13.6 Å². The van der Waals surface area contributed by atoms with Crippen LogP contribution in [0.25, 0.3) is 11.1 Å². The molecule has 0 fully saturated rings. The zero-order valence-electron chi connectivity index (χ0n) is 13.4. The summed E-state index contributed by atoms with van der Waals surface area (Å²) in [6.07, 6.45) is 3.32. The number of carbonyl (C=O) groups excluding carboxylic acids is 1. The van der Waals surface area contributed by atoms with Crippen LogP contribution in [0.4, 0.5) is 8.78 Å². The molecule has 0 spiro atoms. The molecule has 3 aromatic rings. The first kappa shape index (κ1) is 16.1. The number of aromatic nitrogens is 2. The van der Waals surface area contributed by atoms with Gasteiger partial charge in [-0.25, -0.2) is 8.78 Å². The summed E-state index contributed by atoms with van der Waals surface area (Å²) in [5.74, 6) is -1.10. The maximum absolute atomic E-state index is 14.1. The molecule has 3 heterocycles. The number of fused-ring (bicyclic) bond motifs is 1.